The number of ether oxygens (including phenoxy) is 1. The third-order valence-corrected chi connectivity index (χ3v) is 4.58. The first-order chi connectivity index (χ1) is 12.5. The van der Waals surface area contributed by atoms with E-state index in [9.17, 15) is 13.6 Å². The minimum Gasteiger partial charge on any atom is -0.439 e. The molecular formula is C20H16F2N2O2. The second-order valence-corrected chi connectivity index (χ2v) is 6.56. The SMILES string of the molecule is O=C1N[C@H](c2ccnc(C#CC3CC(F)(F)C3)c2)[C@@H](c2ccccc2)O1. The Balaban J connectivity index is 1.56. The Morgan fingerprint density at radius 1 is 1.15 bits per heavy atom. The summed E-state index contributed by atoms with van der Waals surface area (Å²) in [5, 5.41) is 2.81. The summed E-state index contributed by atoms with van der Waals surface area (Å²) < 4.78 is 31.2. The number of pyridine rings is 1. The fourth-order valence-electron chi connectivity index (χ4n) is 3.23. The topological polar surface area (TPSA) is 51.2 Å². The number of amides is 1. The Labute approximate surface area is 149 Å². The van der Waals surface area contributed by atoms with Gasteiger partial charge < -0.3 is 10.1 Å². The van der Waals surface area contributed by atoms with Crippen LogP contribution in [0.4, 0.5) is 13.6 Å². The monoisotopic (exact) mass is 354 g/mol. The summed E-state index contributed by atoms with van der Waals surface area (Å²) in [5.41, 5.74) is 2.19. The third kappa shape index (κ3) is 3.38. The van der Waals surface area contributed by atoms with Gasteiger partial charge in [-0.15, -0.1) is 0 Å². The first-order valence-corrected chi connectivity index (χ1v) is 8.38. The van der Waals surface area contributed by atoms with E-state index < -0.39 is 18.1 Å². The number of alkyl halides is 2. The van der Waals surface area contributed by atoms with Crippen LogP contribution in [0.15, 0.2) is 48.7 Å². The van der Waals surface area contributed by atoms with Crippen LogP contribution in [0.3, 0.4) is 0 Å². The van der Waals surface area contributed by atoms with Gasteiger partial charge in [-0.1, -0.05) is 36.3 Å². The molecule has 1 N–H and O–H groups in total. The third-order valence-electron chi connectivity index (χ3n) is 4.58. The maximum atomic E-state index is 12.9. The normalized spacial score (nSPS) is 24.0. The van der Waals surface area contributed by atoms with Crippen LogP contribution >= 0.6 is 0 Å². The number of aromatic nitrogens is 1. The molecule has 2 heterocycles. The zero-order valence-electron chi connectivity index (χ0n) is 13.8. The molecule has 1 saturated heterocycles. The summed E-state index contributed by atoms with van der Waals surface area (Å²) in [4.78, 5) is 15.9. The number of carbonyl (C=O) groups excluding carboxylic acids is 1. The Bertz CT molecular complexity index is 881. The standard InChI is InChI=1S/C20H16F2N2O2/c21-20(22)11-13(12-20)6-7-16-10-15(8-9-23-16)17-18(26-19(25)24-17)14-4-2-1-3-5-14/h1-5,8-10,13,17-18H,11-12H2,(H,24,25)/t17-,18-/m1/s1. The molecule has 1 aromatic heterocycles. The van der Waals surface area contributed by atoms with Gasteiger partial charge in [0, 0.05) is 25.0 Å². The van der Waals surface area contributed by atoms with E-state index in [1.165, 1.54) is 0 Å². The van der Waals surface area contributed by atoms with Crippen molar-refractivity contribution in [3.8, 4) is 11.8 Å². The van der Waals surface area contributed by atoms with Crippen molar-refractivity contribution in [2.24, 2.45) is 5.92 Å². The number of cyclic esters (lactones) is 1. The lowest BCUT2D eigenvalue weighted by Gasteiger charge is -2.31. The van der Waals surface area contributed by atoms with Crippen molar-refractivity contribution in [1.29, 1.82) is 0 Å². The van der Waals surface area contributed by atoms with Crippen LogP contribution in [0.5, 0.6) is 0 Å². The van der Waals surface area contributed by atoms with Gasteiger partial charge in [0.25, 0.3) is 5.92 Å². The lowest BCUT2D eigenvalue weighted by molar-refractivity contribution is -0.0936. The average Bonchev–Trinajstić information content (AvgIpc) is 3.01. The minimum atomic E-state index is -2.58. The second-order valence-electron chi connectivity index (χ2n) is 6.56. The summed E-state index contributed by atoms with van der Waals surface area (Å²) in [7, 11) is 0. The molecule has 0 bridgehead atoms. The average molecular weight is 354 g/mol. The molecule has 2 atom stereocenters. The van der Waals surface area contributed by atoms with E-state index in [1.54, 1.807) is 18.3 Å². The number of nitrogens with zero attached hydrogens (tertiary/aromatic N) is 1. The lowest BCUT2D eigenvalue weighted by Crippen LogP contribution is -2.34. The van der Waals surface area contributed by atoms with Crippen LogP contribution in [0.1, 0.15) is 41.8 Å². The van der Waals surface area contributed by atoms with Crippen LogP contribution in [0, 0.1) is 17.8 Å². The Morgan fingerprint density at radius 2 is 1.92 bits per heavy atom. The molecule has 1 aliphatic heterocycles. The van der Waals surface area contributed by atoms with Crippen molar-refractivity contribution in [1.82, 2.24) is 10.3 Å². The summed E-state index contributed by atoms with van der Waals surface area (Å²) >= 11 is 0. The number of nitrogens with one attached hydrogen (secondary N) is 1. The molecule has 0 radical (unpaired) electrons. The van der Waals surface area contributed by atoms with Crippen molar-refractivity contribution in [3.63, 3.8) is 0 Å². The summed E-state index contributed by atoms with van der Waals surface area (Å²) in [5.74, 6) is 2.85. The molecule has 1 aliphatic carbocycles. The van der Waals surface area contributed by atoms with Crippen LogP contribution in [-0.2, 0) is 4.74 Å². The van der Waals surface area contributed by atoms with E-state index in [1.807, 2.05) is 30.3 Å². The van der Waals surface area contributed by atoms with Gasteiger partial charge in [0.05, 0.1) is 6.04 Å². The van der Waals surface area contributed by atoms with Crippen molar-refractivity contribution < 1.29 is 18.3 Å². The van der Waals surface area contributed by atoms with Gasteiger partial charge in [-0.3, -0.25) is 0 Å². The van der Waals surface area contributed by atoms with Gasteiger partial charge in [0.2, 0.25) is 0 Å². The number of alkyl carbamates (subject to hydrolysis) is 1. The molecule has 1 saturated carbocycles. The smallest absolute Gasteiger partial charge is 0.408 e. The molecule has 2 fully saturated rings. The molecule has 26 heavy (non-hydrogen) atoms. The van der Waals surface area contributed by atoms with E-state index in [0.29, 0.717) is 5.69 Å². The lowest BCUT2D eigenvalue weighted by atomic mass is 9.82. The zero-order chi connectivity index (χ0) is 18.1. The van der Waals surface area contributed by atoms with Crippen LogP contribution < -0.4 is 5.32 Å². The maximum absolute atomic E-state index is 12.9. The molecule has 1 aromatic carbocycles. The van der Waals surface area contributed by atoms with Crippen molar-refractivity contribution in [2.45, 2.75) is 30.9 Å². The van der Waals surface area contributed by atoms with E-state index in [-0.39, 0.29) is 24.8 Å². The minimum absolute atomic E-state index is 0.192. The van der Waals surface area contributed by atoms with Gasteiger partial charge in [-0.2, -0.15) is 0 Å². The van der Waals surface area contributed by atoms with Gasteiger partial charge in [-0.05, 0) is 29.2 Å². The molecule has 6 heteroatoms. The molecule has 4 nitrogen and oxygen atoms in total. The fraction of sp³-hybridized carbons (Fsp3) is 0.300. The zero-order valence-corrected chi connectivity index (χ0v) is 13.8. The van der Waals surface area contributed by atoms with E-state index in [4.69, 9.17) is 4.74 Å². The maximum Gasteiger partial charge on any atom is 0.408 e. The number of hydrogen-bond donors (Lipinski definition) is 1. The van der Waals surface area contributed by atoms with Crippen molar-refractivity contribution in [3.05, 3.63) is 65.5 Å². The molecule has 2 aliphatic rings. The first-order valence-electron chi connectivity index (χ1n) is 8.38. The largest absolute Gasteiger partial charge is 0.439 e. The molecule has 0 spiro atoms. The molecule has 2 aromatic rings. The van der Waals surface area contributed by atoms with Crippen LogP contribution in [0.2, 0.25) is 0 Å². The quantitative estimate of drug-likeness (QED) is 0.830. The van der Waals surface area contributed by atoms with Crippen molar-refractivity contribution >= 4 is 6.09 Å². The fourth-order valence-corrected chi connectivity index (χ4v) is 3.23. The highest BCUT2D eigenvalue weighted by Gasteiger charge is 2.44. The number of halogens is 2. The highest BCUT2D eigenvalue weighted by atomic mass is 19.3. The predicted octanol–water partition coefficient (Wildman–Crippen LogP) is 4.00. The number of rotatable bonds is 2. The Hall–Kier alpha value is -2.94. The first kappa shape index (κ1) is 16.5. The highest BCUT2D eigenvalue weighted by molar-refractivity contribution is 5.71. The molecule has 4 rings (SSSR count). The Kier molecular flexibility index (Phi) is 4.08. The molecular weight excluding hydrogens is 338 g/mol. The van der Waals surface area contributed by atoms with E-state index >= 15 is 0 Å². The number of benzene rings is 1. The van der Waals surface area contributed by atoms with E-state index in [2.05, 4.69) is 22.1 Å². The summed E-state index contributed by atoms with van der Waals surface area (Å²) in [6.45, 7) is 0. The van der Waals surface area contributed by atoms with Gasteiger partial charge in [0.1, 0.15) is 5.69 Å². The second kappa shape index (κ2) is 6.41. The number of carbonyl (C=O) groups is 1. The number of hydrogen-bond acceptors (Lipinski definition) is 3. The molecule has 132 valence electrons. The van der Waals surface area contributed by atoms with Crippen molar-refractivity contribution in [2.75, 3.05) is 0 Å². The predicted molar refractivity (Wildman–Crippen MR) is 90.3 cm³/mol. The van der Waals surface area contributed by atoms with Gasteiger partial charge in [0.15, 0.2) is 6.10 Å². The molecule has 0 unspecified atom stereocenters. The van der Waals surface area contributed by atoms with Crippen LogP contribution in [0.25, 0.3) is 0 Å². The van der Waals surface area contributed by atoms with Gasteiger partial charge in [-0.25, -0.2) is 18.6 Å². The summed E-state index contributed by atoms with van der Waals surface area (Å²) in [6, 6.07) is 12.7. The highest BCUT2D eigenvalue weighted by Crippen LogP contribution is 2.42. The van der Waals surface area contributed by atoms with Crippen LogP contribution in [-0.4, -0.2) is 17.0 Å². The Morgan fingerprint density at radius 3 is 2.65 bits per heavy atom. The summed E-state index contributed by atoms with van der Waals surface area (Å²) in [6.07, 6.45) is 0.286. The van der Waals surface area contributed by atoms with E-state index in [0.717, 1.165) is 11.1 Å². The van der Waals surface area contributed by atoms with Gasteiger partial charge >= 0.3 is 6.09 Å². The molecule has 1 amide bonds.